The number of nitrogens with zero attached hydrogens (tertiary/aromatic N) is 1. The third-order valence-electron chi connectivity index (χ3n) is 3.48. The van der Waals surface area contributed by atoms with E-state index in [0.717, 1.165) is 32.1 Å². The van der Waals surface area contributed by atoms with Crippen molar-refractivity contribution in [2.24, 2.45) is 0 Å². The number of rotatable bonds is 4. The molecule has 4 nitrogen and oxygen atoms in total. The summed E-state index contributed by atoms with van der Waals surface area (Å²) in [5.74, 6) is 0.899. The average Bonchev–Trinajstić information content (AvgIpc) is 2.45. The van der Waals surface area contributed by atoms with Crippen LogP contribution in [0.1, 0.15) is 26.3 Å². The number of anilines is 1. The van der Waals surface area contributed by atoms with E-state index in [1.54, 1.807) is 7.11 Å². The van der Waals surface area contributed by atoms with Crippen molar-refractivity contribution in [3.63, 3.8) is 0 Å². The van der Waals surface area contributed by atoms with Crippen molar-refractivity contribution >= 4 is 5.69 Å². The van der Waals surface area contributed by atoms with Gasteiger partial charge in [-0.15, -0.1) is 0 Å². The van der Waals surface area contributed by atoms with E-state index in [4.69, 9.17) is 14.2 Å². The van der Waals surface area contributed by atoms with Crippen LogP contribution in [0.2, 0.25) is 0 Å². The molecule has 1 aromatic carbocycles. The molecule has 20 heavy (non-hydrogen) atoms. The monoisotopic (exact) mass is 279 g/mol. The summed E-state index contributed by atoms with van der Waals surface area (Å²) in [6.45, 7) is 10.4. The summed E-state index contributed by atoms with van der Waals surface area (Å²) in [5, 5.41) is 0. The van der Waals surface area contributed by atoms with Crippen molar-refractivity contribution in [3.8, 4) is 5.75 Å². The smallest absolute Gasteiger partial charge is 0.188 e. The molecule has 0 N–H and O–H groups in total. The second-order valence-electron chi connectivity index (χ2n) is 6.08. The maximum atomic E-state index is 5.69. The van der Waals surface area contributed by atoms with Gasteiger partial charge in [-0.25, -0.2) is 0 Å². The van der Waals surface area contributed by atoms with Gasteiger partial charge in [0.15, 0.2) is 6.79 Å². The van der Waals surface area contributed by atoms with Crippen molar-refractivity contribution in [1.82, 2.24) is 0 Å². The molecule has 0 aliphatic carbocycles. The molecule has 4 heteroatoms. The molecule has 1 aromatic rings. The highest BCUT2D eigenvalue weighted by atomic mass is 16.7. The van der Waals surface area contributed by atoms with E-state index in [9.17, 15) is 0 Å². The predicted octanol–water partition coefficient (Wildman–Crippen LogP) is 2.80. The first-order chi connectivity index (χ1) is 9.52. The fourth-order valence-electron chi connectivity index (χ4n) is 2.37. The van der Waals surface area contributed by atoms with Gasteiger partial charge in [-0.1, -0.05) is 20.8 Å². The molecule has 0 amide bonds. The van der Waals surface area contributed by atoms with Crippen LogP contribution < -0.4 is 9.64 Å². The largest absolute Gasteiger partial charge is 0.467 e. The highest BCUT2D eigenvalue weighted by molar-refractivity contribution is 5.55. The minimum atomic E-state index is 0.0331. The van der Waals surface area contributed by atoms with Gasteiger partial charge in [-0.2, -0.15) is 0 Å². The van der Waals surface area contributed by atoms with Gasteiger partial charge < -0.3 is 19.1 Å². The molecule has 1 fully saturated rings. The molecule has 0 saturated carbocycles. The Morgan fingerprint density at radius 3 is 2.50 bits per heavy atom. The van der Waals surface area contributed by atoms with E-state index in [1.807, 2.05) is 6.07 Å². The highest BCUT2D eigenvalue weighted by Gasteiger charge is 2.21. The summed E-state index contributed by atoms with van der Waals surface area (Å²) in [6, 6.07) is 6.40. The normalized spacial score (nSPS) is 16.3. The van der Waals surface area contributed by atoms with Crippen molar-refractivity contribution in [2.75, 3.05) is 45.1 Å². The van der Waals surface area contributed by atoms with Crippen molar-refractivity contribution in [3.05, 3.63) is 23.8 Å². The lowest BCUT2D eigenvalue weighted by atomic mass is 9.86. The first kappa shape index (κ1) is 15.1. The van der Waals surface area contributed by atoms with E-state index in [0.29, 0.717) is 0 Å². The lowest BCUT2D eigenvalue weighted by molar-refractivity contribution is 0.0498. The van der Waals surface area contributed by atoms with Crippen LogP contribution in [-0.4, -0.2) is 40.2 Å². The Morgan fingerprint density at radius 2 is 1.90 bits per heavy atom. The van der Waals surface area contributed by atoms with Crippen molar-refractivity contribution in [2.45, 2.75) is 26.2 Å². The van der Waals surface area contributed by atoms with E-state index in [1.165, 1.54) is 11.3 Å². The first-order valence-corrected chi connectivity index (χ1v) is 7.11. The molecule has 0 atom stereocenters. The van der Waals surface area contributed by atoms with Gasteiger partial charge in [0.2, 0.25) is 0 Å². The molecule has 0 bridgehead atoms. The molecule has 112 valence electrons. The SMILES string of the molecule is COCOc1ccc(N2CCOCC2)cc1C(C)(C)C. The zero-order valence-corrected chi connectivity index (χ0v) is 12.9. The zero-order chi connectivity index (χ0) is 14.6. The second kappa shape index (κ2) is 6.46. The van der Waals surface area contributed by atoms with Crippen LogP contribution in [-0.2, 0) is 14.9 Å². The summed E-state index contributed by atoms with van der Waals surface area (Å²) in [7, 11) is 1.64. The summed E-state index contributed by atoms with van der Waals surface area (Å²) >= 11 is 0. The fraction of sp³-hybridized carbons (Fsp3) is 0.625. The van der Waals surface area contributed by atoms with Crippen molar-refractivity contribution < 1.29 is 14.2 Å². The Labute approximate surface area is 121 Å². The Balaban J connectivity index is 2.27. The number of benzene rings is 1. The number of hydrogen-bond acceptors (Lipinski definition) is 4. The van der Waals surface area contributed by atoms with Crippen LogP contribution in [0, 0.1) is 0 Å². The molecule has 0 aromatic heterocycles. The quantitative estimate of drug-likeness (QED) is 0.793. The average molecular weight is 279 g/mol. The topological polar surface area (TPSA) is 30.9 Å². The summed E-state index contributed by atoms with van der Waals surface area (Å²) in [6.07, 6.45) is 0. The lowest BCUT2D eigenvalue weighted by Gasteiger charge is -2.31. The van der Waals surface area contributed by atoms with Crippen LogP contribution in [0.4, 0.5) is 5.69 Å². The standard InChI is InChI=1S/C16H25NO3/c1-16(2,3)14-11-13(17-7-9-19-10-8-17)5-6-15(14)20-12-18-4/h5-6,11H,7-10,12H2,1-4H3. The highest BCUT2D eigenvalue weighted by Crippen LogP contribution is 2.34. The van der Waals surface area contributed by atoms with Gasteiger partial charge in [0.1, 0.15) is 5.75 Å². The van der Waals surface area contributed by atoms with E-state index < -0.39 is 0 Å². The molecule has 1 saturated heterocycles. The van der Waals surface area contributed by atoms with Crippen LogP contribution in [0.3, 0.4) is 0 Å². The maximum Gasteiger partial charge on any atom is 0.188 e. The molecule has 1 aliphatic rings. The van der Waals surface area contributed by atoms with Crippen LogP contribution in [0.25, 0.3) is 0 Å². The second-order valence-corrected chi connectivity index (χ2v) is 6.08. The lowest BCUT2D eigenvalue weighted by Crippen LogP contribution is -2.36. The Morgan fingerprint density at radius 1 is 1.20 bits per heavy atom. The summed E-state index contributed by atoms with van der Waals surface area (Å²) < 4.78 is 16.1. The van der Waals surface area contributed by atoms with Gasteiger partial charge in [0.25, 0.3) is 0 Å². The Kier molecular flexibility index (Phi) is 4.89. The molecular formula is C16H25NO3. The number of hydrogen-bond donors (Lipinski definition) is 0. The van der Waals surface area contributed by atoms with Gasteiger partial charge in [-0.05, 0) is 23.6 Å². The Bertz CT molecular complexity index is 434. The molecule has 1 aliphatic heterocycles. The molecular weight excluding hydrogens is 254 g/mol. The summed E-state index contributed by atoms with van der Waals surface area (Å²) in [5.41, 5.74) is 2.48. The molecule has 2 rings (SSSR count). The minimum absolute atomic E-state index is 0.0331. The fourth-order valence-corrected chi connectivity index (χ4v) is 2.37. The number of morpholine rings is 1. The predicted molar refractivity (Wildman–Crippen MR) is 80.7 cm³/mol. The molecule has 0 radical (unpaired) electrons. The molecule has 0 spiro atoms. The van der Waals surface area contributed by atoms with Crippen LogP contribution in [0.15, 0.2) is 18.2 Å². The van der Waals surface area contributed by atoms with Crippen LogP contribution >= 0.6 is 0 Å². The number of methoxy groups -OCH3 is 1. The van der Waals surface area contributed by atoms with E-state index in [-0.39, 0.29) is 12.2 Å². The van der Waals surface area contributed by atoms with Crippen molar-refractivity contribution in [1.29, 1.82) is 0 Å². The third-order valence-corrected chi connectivity index (χ3v) is 3.48. The first-order valence-electron chi connectivity index (χ1n) is 7.11. The molecule has 1 heterocycles. The van der Waals surface area contributed by atoms with Gasteiger partial charge in [0, 0.05) is 31.5 Å². The summed E-state index contributed by atoms with van der Waals surface area (Å²) in [4.78, 5) is 2.36. The van der Waals surface area contributed by atoms with Crippen LogP contribution in [0.5, 0.6) is 5.75 Å². The van der Waals surface area contributed by atoms with Gasteiger partial charge in [-0.3, -0.25) is 0 Å². The maximum absolute atomic E-state index is 5.69. The van der Waals surface area contributed by atoms with E-state index >= 15 is 0 Å². The number of ether oxygens (including phenoxy) is 3. The minimum Gasteiger partial charge on any atom is -0.467 e. The van der Waals surface area contributed by atoms with E-state index in [2.05, 4.69) is 37.8 Å². The molecule has 0 unspecified atom stereocenters. The Hall–Kier alpha value is -1.26. The third kappa shape index (κ3) is 3.64. The van der Waals surface area contributed by atoms with Gasteiger partial charge in [0.05, 0.1) is 13.2 Å². The zero-order valence-electron chi connectivity index (χ0n) is 12.9. The van der Waals surface area contributed by atoms with Gasteiger partial charge >= 0.3 is 0 Å².